The van der Waals surface area contributed by atoms with Gasteiger partial charge in [0.25, 0.3) is 0 Å². The Bertz CT molecular complexity index is 786. The molecule has 130 valence electrons. The molecule has 0 aliphatic carbocycles. The van der Waals surface area contributed by atoms with Crippen LogP contribution < -0.4 is 0 Å². The average molecular weight is 350 g/mol. The van der Waals surface area contributed by atoms with Crippen LogP contribution in [-0.4, -0.2) is 18.2 Å². The second-order valence-corrected chi connectivity index (χ2v) is 8.31. The van der Waals surface area contributed by atoms with Crippen molar-refractivity contribution in [1.29, 1.82) is 0 Å². The fourth-order valence-corrected chi connectivity index (χ4v) is 3.69. The summed E-state index contributed by atoms with van der Waals surface area (Å²) in [5.41, 5.74) is 6.03. The Morgan fingerprint density at radius 2 is 1.83 bits per heavy atom. The van der Waals surface area contributed by atoms with Crippen molar-refractivity contribution >= 4 is 7.60 Å². The summed E-state index contributed by atoms with van der Waals surface area (Å²) >= 11 is 0. The molecule has 0 fully saturated rings. The predicted octanol–water partition coefficient (Wildman–Crippen LogP) is 5.18. The number of hydrogen-bond acceptors (Lipinski definition) is 2. The highest BCUT2D eigenvalue weighted by molar-refractivity contribution is 7.52. The van der Waals surface area contributed by atoms with Gasteiger partial charge in [0, 0.05) is 7.11 Å². The first-order valence-electron chi connectivity index (χ1n) is 7.97. The minimum Gasteiger partial charge on any atom is -0.324 e. The number of hydrogen-bond donors (Lipinski definition) is 1. The molecule has 5 heteroatoms. The zero-order valence-corrected chi connectivity index (χ0v) is 15.5. The zero-order valence-electron chi connectivity index (χ0n) is 14.6. The summed E-state index contributed by atoms with van der Waals surface area (Å²) in [5.74, 6) is -0.217. The minimum atomic E-state index is -3.49. The lowest BCUT2D eigenvalue weighted by Gasteiger charge is -2.16. The van der Waals surface area contributed by atoms with Crippen molar-refractivity contribution < 1.29 is 18.4 Å². The van der Waals surface area contributed by atoms with Crippen molar-refractivity contribution in [3.63, 3.8) is 0 Å². The van der Waals surface area contributed by atoms with Crippen LogP contribution in [0.3, 0.4) is 0 Å². The third-order valence-electron chi connectivity index (χ3n) is 4.24. The van der Waals surface area contributed by atoms with E-state index in [1.807, 2.05) is 19.9 Å². The summed E-state index contributed by atoms with van der Waals surface area (Å²) in [6.07, 6.45) is 1.35. The molecule has 2 aromatic rings. The van der Waals surface area contributed by atoms with Gasteiger partial charge in [-0.25, -0.2) is 4.39 Å². The molecule has 0 aromatic heterocycles. The van der Waals surface area contributed by atoms with Gasteiger partial charge in [0.1, 0.15) is 5.82 Å². The molecule has 2 rings (SSSR count). The lowest BCUT2D eigenvalue weighted by molar-refractivity contribution is 0.315. The van der Waals surface area contributed by atoms with E-state index in [2.05, 4.69) is 16.7 Å². The third-order valence-corrected chi connectivity index (χ3v) is 5.69. The van der Waals surface area contributed by atoms with E-state index in [0.717, 1.165) is 27.8 Å². The van der Waals surface area contributed by atoms with E-state index < -0.39 is 7.60 Å². The first-order valence-corrected chi connectivity index (χ1v) is 9.74. The standard InChI is InChI=1S/C19H24FO3P/c1-13-10-14(2)17(6-5-9-24(21,22)23-4)18(11-13)16-7-8-19(20)15(3)12-16/h7-8,10-12H,5-6,9H2,1-4H3,(H,21,22). The maximum absolute atomic E-state index is 13.6. The van der Waals surface area contributed by atoms with Gasteiger partial charge in [0.2, 0.25) is 0 Å². The van der Waals surface area contributed by atoms with E-state index in [1.165, 1.54) is 13.2 Å². The minimum absolute atomic E-state index is 0.124. The molecule has 0 amide bonds. The number of benzene rings is 2. The molecule has 24 heavy (non-hydrogen) atoms. The van der Waals surface area contributed by atoms with Crippen LogP contribution in [0.2, 0.25) is 0 Å². The lowest BCUT2D eigenvalue weighted by Crippen LogP contribution is -2.00. The Morgan fingerprint density at radius 1 is 1.12 bits per heavy atom. The Labute approximate surface area is 143 Å². The summed E-state index contributed by atoms with van der Waals surface area (Å²) in [5, 5.41) is 0. The maximum atomic E-state index is 13.6. The topological polar surface area (TPSA) is 46.5 Å². The second kappa shape index (κ2) is 7.60. The van der Waals surface area contributed by atoms with Gasteiger partial charge in [-0.15, -0.1) is 0 Å². The summed E-state index contributed by atoms with van der Waals surface area (Å²) < 4.78 is 29.9. The van der Waals surface area contributed by atoms with Crippen LogP contribution in [-0.2, 0) is 15.5 Å². The summed E-state index contributed by atoms with van der Waals surface area (Å²) in [6, 6.07) is 9.30. The summed E-state index contributed by atoms with van der Waals surface area (Å²) in [6.45, 7) is 5.82. The van der Waals surface area contributed by atoms with Crippen molar-refractivity contribution in [2.45, 2.75) is 33.6 Å². The van der Waals surface area contributed by atoms with E-state index in [1.54, 1.807) is 13.0 Å². The van der Waals surface area contributed by atoms with Crippen LogP contribution in [0.5, 0.6) is 0 Å². The zero-order chi connectivity index (χ0) is 17.9. The van der Waals surface area contributed by atoms with Crippen molar-refractivity contribution in [2.75, 3.05) is 13.3 Å². The molecular formula is C19H24FO3P. The monoisotopic (exact) mass is 350 g/mol. The molecule has 2 aromatic carbocycles. The first kappa shape index (κ1) is 18.9. The SMILES string of the molecule is COP(=O)(O)CCCc1c(C)cc(C)cc1-c1ccc(F)c(C)c1. The van der Waals surface area contributed by atoms with Crippen LogP contribution >= 0.6 is 7.60 Å². The Hall–Kier alpha value is -1.48. The van der Waals surface area contributed by atoms with Gasteiger partial charge in [-0.3, -0.25) is 4.57 Å². The van der Waals surface area contributed by atoms with Crippen molar-refractivity contribution in [3.8, 4) is 11.1 Å². The van der Waals surface area contributed by atoms with Crippen molar-refractivity contribution in [3.05, 3.63) is 58.4 Å². The molecule has 3 nitrogen and oxygen atoms in total. The van der Waals surface area contributed by atoms with E-state index in [9.17, 15) is 13.8 Å². The highest BCUT2D eigenvalue weighted by Gasteiger charge is 2.17. The molecule has 0 aliphatic rings. The van der Waals surface area contributed by atoms with Gasteiger partial charge in [0.05, 0.1) is 6.16 Å². The second-order valence-electron chi connectivity index (χ2n) is 6.22. The average Bonchev–Trinajstić information content (AvgIpc) is 2.51. The van der Waals surface area contributed by atoms with E-state index in [4.69, 9.17) is 0 Å². The highest BCUT2D eigenvalue weighted by atomic mass is 31.2. The molecule has 1 N–H and O–H groups in total. The van der Waals surface area contributed by atoms with Crippen LogP contribution in [0.4, 0.5) is 4.39 Å². The molecule has 0 spiro atoms. The largest absolute Gasteiger partial charge is 0.327 e. The highest BCUT2D eigenvalue weighted by Crippen LogP contribution is 2.42. The molecule has 0 aliphatic heterocycles. The Morgan fingerprint density at radius 3 is 2.46 bits per heavy atom. The lowest BCUT2D eigenvalue weighted by atomic mass is 9.90. The van der Waals surface area contributed by atoms with Gasteiger partial charge in [-0.2, -0.15) is 0 Å². The molecular weight excluding hydrogens is 326 g/mol. The van der Waals surface area contributed by atoms with E-state index in [0.29, 0.717) is 18.4 Å². The van der Waals surface area contributed by atoms with Gasteiger partial charge in [-0.05, 0) is 73.6 Å². The molecule has 0 saturated heterocycles. The van der Waals surface area contributed by atoms with Gasteiger partial charge >= 0.3 is 7.60 Å². The predicted molar refractivity (Wildman–Crippen MR) is 96.1 cm³/mol. The Kier molecular flexibility index (Phi) is 5.97. The van der Waals surface area contributed by atoms with E-state index >= 15 is 0 Å². The van der Waals surface area contributed by atoms with Gasteiger partial charge in [-0.1, -0.05) is 23.8 Å². The van der Waals surface area contributed by atoms with Crippen LogP contribution in [0.25, 0.3) is 11.1 Å². The number of halogens is 1. The molecule has 0 saturated carbocycles. The first-order chi connectivity index (χ1) is 11.2. The Balaban J connectivity index is 2.36. The molecule has 1 atom stereocenters. The maximum Gasteiger partial charge on any atom is 0.327 e. The number of aryl methyl sites for hydroxylation is 3. The molecule has 0 heterocycles. The normalized spacial score (nSPS) is 13.8. The molecule has 0 radical (unpaired) electrons. The smallest absolute Gasteiger partial charge is 0.324 e. The fraction of sp³-hybridized carbons (Fsp3) is 0.368. The molecule has 0 bridgehead atoms. The third kappa shape index (κ3) is 4.54. The van der Waals surface area contributed by atoms with Gasteiger partial charge < -0.3 is 9.42 Å². The van der Waals surface area contributed by atoms with Crippen molar-refractivity contribution in [1.82, 2.24) is 0 Å². The van der Waals surface area contributed by atoms with Crippen LogP contribution in [0.1, 0.15) is 28.7 Å². The van der Waals surface area contributed by atoms with Crippen molar-refractivity contribution in [2.24, 2.45) is 0 Å². The van der Waals surface area contributed by atoms with E-state index in [-0.39, 0.29) is 12.0 Å². The summed E-state index contributed by atoms with van der Waals surface area (Å²) in [7, 11) is -2.23. The van der Waals surface area contributed by atoms with Gasteiger partial charge in [0.15, 0.2) is 0 Å². The van der Waals surface area contributed by atoms with Crippen LogP contribution in [0.15, 0.2) is 30.3 Å². The molecule has 1 unspecified atom stereocenters. The fourth-order valence-electron chi connectivity index (χ4n) is 2.95. The van der Waals surface area contributed by atoms with Crippen LogP contribution in [0, 0.1) is 26.6 Å². The number of rotatable bonds is 6. The quantitative estimate of drug-likeness (QED) is 0.730. The summed E-state index contributed by atoms with van der Waals surface area (Å²) in [4.78, 5) is 9.56.